The minimum atomic E-state index is -1.45. The number of carbonyl (C=O) groups excluding carboxylic acids is 4. The van der Waals surface area contributed by atoms with Crippen LogP contribution in [0.1, 0.15) is 13.3 Å². The van der Waals surface area contributed by atoms with E-state index in [0.717, 1.165) is 0 Å². The molecule has 20 heavy (non-hydrogen) atoms. The maximum absolute atomic E-state index is 11.4. The Morgan fingerprint density at radius 1 is 1.05 bits per heavy atom. The van der Waals surface area contributed by atoms with Crippen molar-refractivity contribution in [2.24, 2.45) is 5.73 Å². The monoisotopic (exact) mass is 288 g/mol. The number of carboxylic acids is 1. The highest BCUT2D eigenvalue weighted by atomic mass is 16.4. The van der Waals surface area contributed by atoms with Crippen LogP contribution in [0.4, 0.5) is 0 Å². The number of carboxylic acid groups (broad SMARTS) is 1. The van der Waals surface area contributed by atoms with Gasteiger partial charge in [0, 0.05) is 6.92 Å². The highest BCUT2D eigenvalue weighted by molar-refractivity contribution is 5.91. The SMILES string of the molecule is CC(=O)NCC(=O)NCC(=O)N[C@@H](CC(N)=O)C(=O)O. The van der Waals surface area contributed by atoms with Crippen LogP contribution in [0.5, 0.6) is 0 Å². The predicted molar refractivity (Wildman–Crippen MR) is 65.1 cm³/mol. The molecule has 0 fully saturated rings. The van der Waals surface area contributed by atoms with Crippen molar-refractivity contribution < 1.29 is 29.1 Å². The van der Waals surface area contributed by atoms with Gasteiger partial charge in [0.2, 0.25) is 23.6 Å². The van der Waals surface area contributed by atoms with E-state index in [9.17, 15) is 24.0 Å². The van der Waals surface area contributed by atoms with E-state index in [-0.39, 0.29) is 6.54 Å². The molecule has 0 spiro atoms. The van der Waals surface area contributed by atoms with Gasteiger partial charge in [0.05, 0.1) is 19.5 Å². The number of primary amides is 1. The van der Waals surface area contributed by atoms with Gasteiger partial charge in [-0.2, -0.15) is 0 Å². The van der Waals surface area contributed by atoms with Gasteiger partial charge in [-0.3, -0.25) is 19.2 Å². The van der Waals surface area contributed by atoms with Crippen LogP contribution in [0.3, 0.4) is 0 Å². The van der Waals surface area contributed by atoms with E-state index in [0.29, 0.717) is 0 Å². The predicted octanol–water partition coefficient (Wildman–Crippen LogP) is -3.32. The molecule has 10 heteroatoms. The summed E-state index contributed by atoms with van der Waals surface area (Å²) in [5.41, 5.74) is 4.83. The first-order chi connectivity index (χ1) is 9.22. The normalized spacial score (nSPS) is 11.1. The highest BCUT2D eigenvalue weighted by Gasteiger charge is 2.22. The molecule has 0 rings (SSSR count). The number of aliphatic carboxylic acids is 1. The fourth-order valence-corrected chi connectivity index (χ4v) is 1.09. The number of amides is 4. The van der Waals surface area contributed by atoms with Gasteiger partial charge in [0.1, 0.15) is 6.04 Å². The van der Waals surface area contributed by atoms with Gasteiger partial charge in [-0.1, -0.05) is 0 Å². The Morgan fingerprint density at radius 2 is 1.60 bits per heavy atom. The fraction of sp³-hybridized carbons (Fsp3) is 0.500. The third-order valence-corrected chi connectivity index (χ3v) is 1.98. The summed E-state index contributed by atoms with van der Waals surface area (Å²) in [6.45, 7) is 0.439. The van der Waals surface area contributed by atoms with Crippen molar-refractivity contribution >= 4 is 29.6 Å². The first-order valence-electron chi connectivity index (χ1n) is 5.54. The second kappa shape index (κ2) is 8.45. The average Bonchev–Trinajstić information content (AvgIpc) is 2.32. The first-order valence-corrected chi connectivity index (χ1v) is 5.54. The van der Waals surface area contributed by atoms with E-state index < -0.39 is 48.6 Å². The zero-order chi connectivity index (χ0) is 15.7. The topological polar surface area (TPSA) is 168 Å². The van der Waals surface area contributed by atoms with Crippen LogP contribution in [0.2, 0.25) is 0 Å². The largest absolute Gasteiger partial charge is 0.480 e. The lowest BCUT2D eigenvalue weighted by Crippen LogP contribution is -2.48. The molecule has 0 saturated carbocycles. The van der Waals surface area contributed by atoms with Crippen molar-refractivity contribution in [3.8, 4) is 0 Å². The van der Waals surface area contributed by atoms with Crippen LogP contribution in [-0.4, -0.2) is 53.8 Å². The summed E-state index contributed by atoms with van der Waals surface area (Å²) in [5.74, 6) is -4.11. The molecule has 112 valence electrons. The van der Waals surface area contributed by atoms with Crippen molar-refractivity contribution in [1.82, 2.24) is 16.0 Å². The Morgan fingerprint density at radius 3 is 2.05 bits per heavy atom. The fourth-order valence-electron chi connectivity index (χ4n) is 1.09. The smallest absolute Gasteiger partial charge is 0.326 e. The lowest BCUT2D eigenvalue weighted by Gasteiger charge is -2.13. The Kier molecular flexibility index (Phi) is 7.33. The molecule has 0 aliphatic heterocycles. The summed E-state index contributed by atoms with van der Waals surface area (Å²) in [6, 6.07) is -1.45. The third-order valence-electron chi connectivity index (χ3n) is 1.98. The van der Waals surface area contributed by atoms with Crippen LogP contribution in [0.25, 0.3) is 0 Å². The molecular formula is C10H16N4O6. The molecule has 0 heterocycles. The Balaban J connectivity index is 4.13. The van der Waals surface area contributed by atoms with Crippen molar-refractivity contribution in [1.29, 1.82) is 0 Å². The molecule has 0 radical (unpaired) electrons. The quantitative estimate of drug-likeness (QED) is 0.313. The van der Waals surface area contributed by atoms with Crippen LogP contribution in [0.15, 0.2) is 0 Å². The zero-order valence-corrected chi connectivity index (χ0v) is 10.8. The summed E-state index contributed by atoms with van der Waals surface area (Å²) >= 11 is 0. The van der Waals surface area contributed by atoms with Gasteiger partial charge in [-0.25, -0.2) is 4.79 Å². The molecule has 0 aromatic heterocycles. The summed E-state index contributed by atoms with van der Waals surface area (Å²) in [6.07, 6.45) is -0.555. The van der Waals surface area contributed by atoms with Crippen molar-refractivity contribution in [3.05, 3.63) is 0 Å². The van der Waals surface area contributed by atoms with E-state index in [1.807, 2.05) is 5.32 Å². The van der Waals surface area contributed by atoms with Crippen LogP contribution in [-0.2, 0) is 24.0 Å². The van der Waals surface area contributed by atoms with E-state index in [1.54, 1.807) is 0 Å². The maximum Gasteiger partial charge on any atom is 0.326 e. The van der Waals surface area contributed by atoms with E-state index in [2.05, 4.69) is 10.6 Å². The highest BCUT2D eigenvalue weighted by Crippen LogP contribution is 1.91. The first kappa shape index (κ1) is 17.4. The summed E-state index contributed by atoms with van der Waals surface area (Å²) in [4.78, 5) is 54.4. The molecule has 0 saturated heterocycles. The summed E-state index contributed by atoms with van der Waals surface area (Å²) in [7, 11) is 0. The van der Waals surface area contributed by atoms with Crippen molar-refractivity contribution in [2.45, 2.75) is 19.4 Å². The molecule has 4 amide bonds. The Bertz CT molecular complexity index is 422. The molecule has 10 nitrogen and oxygen atoms in total. The van der Waals surface area contributed by atoms with Gasteiger partial charge >= 0.3 is 5.97 Å². The lowest BCUT2D eigenvalue weighted by atomic mass is 10.2. The second-order valence-electron chi connectivity index (χ2n) is 3.82. The number of nitrogens with two attached hydrogens (primary N) is 1. The number of hydrogen-bond donors (Lipinski definition) is 5. The molecule has 0 aliphatic carbocycles. The van der Waals surface area contributed by atoms with Gasteiger partial charge in [-0.05, 0) is 0 Å². The second-order valence-corrected chi connectivity index (χ2v) is 3.82. The maximum atomic E-state index is 11.4. The van der Waals surface area contributed by atoms with E-state index in [1.165, 1.54) is 6.92 Å². The number of carbonyl (C=O) groups is 5. The van der Waals surface area contributed by atoms with E-state index >= 15 is 0 Å². The van der Waals surface area contributed by atoms with Gasteiger partial charge in [0.25, 0.3) is 0 Å². The van der Waals surface area contributed by atoms with Crippen molar-refractivity contribution in [2.75, 3.05) is 13.1 Å². The van der Waals surface area contributed by atoms with Crippen LogP contribution in [0, 0.1) is 0 Å². The van der Waals surface area contributed by atoms with Crippen molar-refractivity contribution in [3.63, 3.8) is 0 Å². The Hall–Kier alpha value is -2.65. The van der Waals surface area contributed by atoms with E-state index in [4.69, 9.17) is 10.8 Å². The third kappa shape index (κ3) is 8.44. The minimum Gasteiger partial charge on any atom is -0.480 e. The summed E-state index contributed by atoms with van der Waals surface area (Å²) < 4.78 is 0. The molecule has 0 aliphatic rings. The molecule has 6 N–H and O–H groups in total. The minimum absolute atomic E-state index is 0.299. The van der Waals surface area contributed by atoms with Crippen LogP contribution >= 0.6 is 0 Å². The van der Waals surface area contributed by atoms with Crippen LogP contribution < -0.4 is 21.7 Å². The molecule has 1 atom stereocenters. The average molecular weight is 288 g/mol. The molecular weight excluding hydrogens is 272 g/mol. The molecule has 0 aromatic rings. The lowest BCUT2D eigenvalue weighted by molar-refractivity contribution is -0.143. The van der Waals surface area contributed by atoms with Gasteiger partial charge < -0.3 is 26.8 Å². The Labute approximate surface area is 114 Å². The zero-order valence-electron chi connectivity index (χ0n) is 10.8. The number of rotatable bonds is 8. The number of hydrogen-bond acceptors (Lipinski definition) is 5. The number of nitrogens with one attached hydrogen (secondary N) is 3. The molecule has 0 aromatic carbocycles. The molecule has 0 unspecified atom stereocenters. The molecule has 0 bridgehead atoms. The van der Waals surface area contributed by atoms with Gasteiger partial charge in [0.15, 0.2) is 0 Å². The standard InChI is InChI=1S/C10H16N4O6/c1-5(15)12-3-8(17)13-4-9(18)14-6(10(19)20)2-7(11)16/h6H,2-4H2,1H3,(H2,11,16)(H,12,15)(H,13,17)(H,14,18)(H,19,20)/t6-/m0/s1. The van der Waals surface area contributed by atoms with Gasteiger partial charge in [-0.15, -0.1) is 0 Å². The summed E-state index contributed by atoms with van der Waals surface area (Å²) in [5, 5.41) is 15.1.